The predicted octanol–water partition coefficient (Wildman–Crippen LogP) is 7.23. The summed E-state index contributed by atoms with van der Waals surface area (Å²) in [5.74, 6) is -0.856. The van der Waals surface area contributed by atoms with E-state index in [9.17, 15) is 15.0 Å². The monoisotopic (exact) mass is 444 g/mol. The molecule has 1 atom stereocenters. The Morgan fingerprint density at radius 2 is 1.58 bits per heavy atom. The number of aromatic carboxylic acids is 1. The number of rotatable bonds is 10. The van der Waals surface area contributed by atoms with Crippen LogP contribution in [0.4, 0.5) is 0 Å². The molecule has 172 valence electrons. The van der Waals surface area contributed by atoms with Crippen molar-refractivity contribution in [3.05, 3.63) is 56.8 Å². The molecule has 0 radical (unpaired) electrons. The molecule has 3 nitrogen and oxygen atoms in total. The van der Waals surface area contributed by atoms with Crippen molar-refractivity contribution in [2.45, 2.75) is 98.0 Å². The van der Waals surface area contributed by atoms with Gasteiger partial charge in [-0.1, -0.05) is 66.2 Å². The molecule has 2 rings (SSSR count). The molecule has 31 heavy (non-hydrogen) atoms. The zero-order valence-electron chi connectivity index (χ0n) is 20.3. The summed E-state index contributed by atoms with van der Waals surface area (Å²) >= 11 is 1.40. The molecule has 2 N–H and O–H groups in total. The number of carbonyl (C=O) groups is 1. The van der Waals surface area contributed by atoms with Crippen molar-refractivity contribution in [2.75, 3.05) is 0 Å². The first-order valence-corrected chi connectivity index (χ1v) is 12.4. The second-order valence-corrected chi connectivity index (χ2v) is 11.1. The van der Waals surface area contributed by atoms with Gasteiger partial charge in [-0.25, -0.2) is 4.79 Å². The SMILES string of the molecule is CCCc1cc(C(CC)(CC)c2ccc(C(=O)O)s2)ccc1CCC(C)(O)C(C)(C)C. The van der Waals surface area contributed by atoms with Crippen LogP contribution >= 0.6 is 11.3 Å². The summed E-state index contributed by atoms with van der Waals surface area (Å²) in [6, 6.07) is 10.5. The van der Waals surface area contributed by atoms with Crippen molar-refractivity contribution in [2.24, 2.45) is 5.41 Å². The highest BCUT2D eigenvalue weighted by molar-refractivity contribution is 7.14. The van der Waals surface area contributed by atoms with Crippen molar-refractivity contribution in [1.82, 2.24) is 0 Å². The molecular formula is C27H40O3S. The third-order valence-corrected chi connectivity index (χ3v) is 8.55. The van der Waals surface area contributed by atoms with Gasteiger partial charge in [-0.2, -0.15) is 0 Å². The van der Waals surface area contributed by atoms with E-state index in [4.69, 9.17) is 0 Å². The number of carboxylic acid groups (broad SMARTS) is 1. The Bertz CT molecular complexity index is 882. The summed E-state index contributed by atoms with van der Waals surface area (Å²) in [5, 5.41) is 20.3. The predicted molar refractivity (Wildman–Crippen MR) is 131 cm³/mol. The van der Waals surface area contributed by atoms with E-state index in [2.05, 4.69) is 59.7 Å². The van der Waals surface area contributed by atoms with Gasteiger partial charge in [0.15, 0.2) is 0 Å². The molecule has 4 heteroatoms. The number of thiophene rings is 1. The minimum absolute atomic E-state index is 0.168. The largest absolute Gasteiger partial charge is 0.477 e. The maximum absolute atomic E-state index is 11.5. The first-order chi connectivity index (χ1) is 14.4. The van der Waals surface area contributed by atoms with E-state index < -0.39 is 11.6 Å². The van der Waals surface area contributed by atoms with Gasteiger partial charge < -0.3 is 10.2 Å². The minimum Gasteiger partial charge on any atom is -0.477 e. The lowest BCUT2D eigenvalue weighted by Gasteiger charge is -2.37. The molecule has 1 aromatic carbocycles. The van der Waals surface area contributed by atoms with Crippen LogP contribution in [-0.2, 0) is 18.3 Å². The topological polar surface area (TPSA) is 57.5 Å². The Morgan fingerprint density at radius 1 is 0.935 bits per heavy atom. The molecule has 1 heterocycles. The highest BCUT2D eigenvalue weighted by atomic mass is 32.1. The standard InChI is InChI=1S/C27H40O3S/c1-8-11-20-18-21(13-12-19(20)16-17-26(7,30)25(4,5)6)27(9-2,10-3)23-15-14-22(31-23)24(28)29/h12-15,18,30H,8-11,16-17H2,1-7H3,(H,28,29). The van der Waals surface area contributed by atoms with Crippen LogP contribution in [0.25, 0.3) is 0 Å². The van der Waals surface area contributed by atoms with Crippen LogP contribution in [0.3, 0.4) is 0 Å². The third-order valence-electron chi connectivity index (χ3n) is 7.27. The van der Waals surface area contributed by atoms with Crippen LogP contribution in [-0.4, -0.2) is 21.8 Å². The fourth-order valence-electron chi connectivity index (χ4n) is 4.28. The van der Waals surface area contributed by atoms with Crippen LogP contribution in [0.5, 0.6) is 0 Å². The van der Waals surface area contributed by atoms with Crippen LogP contribution in [0.2, 0.25) is 0 Å². The Balaban J connectivity index is 2.45. The molecular weight excluding hydrogens is 404 g/mol. The van der Waals surface area contributed by atoms with E-state index in [0.717, 1.165) is 43.4 Å². The summed E-state index contributed by atoms with van der Waals surface area (Å²) in [6.07, 6.45) is 5.51. The molecule has 0 aliphatic carbocycles. The quantitative estimate of drug-likeness (QED) is 0.406. The molecule has 1 unspecified atom stereocenters. The Morgan fingerprint density at radius 3 is 2.06 bits per heavy atom. The van der Waals surface area contributed by atoms with Gasteiger partial charge in [0, 0.05) is 10.3 Å². The molecule has 2 aromatic rings. The summed E-state index contributed by atoms with van der Waals surface area (Å²) in [6.45, 7) is 14.8. The zero-order chi connectivity index (χ0) is 23.4. The molecule has 1 aromatic heterocycles. The summed E-state index contributed by atoms with van der Waals surface area (Å²) in [4.78, 5) is 13.0. The third kappa shape index (κ3) is 5.40. The molecule has 0 aliphatic rings. The smallest absolute Gasteiger partial charge is 0.345 e. The van der Waals surface area contributed by atoms with Gasteiger partial charge in [-0.3, -0.25) is 0 Å². The van der Waals surface area contributed by atoms with Gasteiger partial charge in [0.2, 0.25) is 0 Å². The van der Waals surface area contributed by atoms with E-state index in [-0.39, 0.29) is 10.8 Å². The molecule has 0 aliphatic heterocycles. The number of hydrogen-bond acceptors (Lipinski definition) is 3. The van der Waals surface area contributed by atoms with Crippen molar-refractivity contribution >= 4 is 17.3 Å². The van der Waals surface area contributed by atoms with Gasteiger partial charge in [-0.15, -0.1) is 11.3 Å². The van der Waals surface area contributed by atoms with E-state index in [1.54, 1.807) is 6.07 Å². The lowest BCUT2D eigenvalue weighted by molar-refractivity contribution is -0.0476. The number of aliphatic hydroxyl groups is 1. The van der Waals surface area contributed by atoms with E-state index >= 15 is 0 Å². The highest BCUT2D eigenvalue weighted by Crippen LogP contribution is 2.43. The fraction of sp³-hybridized carbons (Fsp3) is 0.593. The first kappa shape index (κ1) is 25.6. The van der Waals surface area contributed by atoms with Gasteiger partial charge in [0.1, 0.15) is 4.88 Å². The molecule has 0 spiro atoms. The summed E-state index contributed by atoms with van der Waals surface area (Å²) in [5.41, 5.74) is 2.87. The zero-order valence-corrected chi connectivity index (χ0v) is 21.2. The van der Waals surface area contributed by atoms with Crippen LogP contribution in [0.1, 0.15) is 105 Å². The van der Waals surface area contributed by atoms with Crippen molar-refractivity contribution in [3.63, 3.8) is 0 Å². The Kier molecular flexibility index (Phi) is 8.15. The van der Waals surface area contributed by atoms with Crippen LogP contribution in [0, 0.1) is 5.41 Å². The lowest BCUT2D eigenvalue weighted by Crippen LogP contribution is -2.40. The first-order valence-electron chi connectivity index (χ1n) is 11.6. The van der Waals surface area contributed by atoms with E-state index in [0.29, 0.717) is 4.88 Å². The lowest BCUT2D eigenvalue weighted by atomic mass is 9.72. The van der Waals surface area contributed by atoms with Gasteiger partial charge in [0.05, 0.1) is 5.60 Å². The fourth-order valence-corrected chi connectivity index (χ4v) is 5.48. The van der Waals surface area contributed by atoms with Gasteiger partial charge in [-0.05, 0) is 73.3 Å². The Hall–Kier alpha value is -1.65. The van der Waals surface area contributed by atoms with Crippen molar-refractivity contribution in [3.8, 4) is 0 Å². The maximum Gasteiger partial charge on any atom is 0.345 e. The summed E-state index contributed by atoms with van der Waals surface area (Å²) in [7, 11) is 0. The summed E-state index contributed by atoms with van der Waals surface area (Å²) < 4.78 is 0. The number of aryl methyl sites for hydroxylation is 2. The van der Waals surface area contributed by atoms with E-state index in [1.807, 2.05) is 13.0 Å². The number of benzene rings is 1. The van der Waals surface area contributed by atoms with E-state index in [1.165, 1.54) is 28.0 Å². The van der Waals surface area contributed by atoms with Gasteiger partial charge >= 0.3 is 5.97 Å². The molecule has 0 fully saturated rings. The highest BCUT2D eigenvalue weighted by Gasteiger charge is 2.36. The van der Waals surface area contributed by atoms with Crippen LogP contribution < -0.4 is 0 Å². The number of carboxylic acids is 1. The second-order valence-electron chi connectivity index (χ2n) is 10.0. The average Bonchev–Trinajstić information content (AvgIpc) is 3.19. The normalized spacial score (nSPS) is 14.5. The molecule has 0 saturated heterocycles. The maximum atomic E-state index is 11.5. The molecule has 0 amide bonds. The average molecular weight is 445 g/mol. The van der Waals surface area contributed by atoms with Gasteiger partial charge in [0.25, 0.3) is 0 Å². The second kappa shape index (κ2) is 9.87. The number of hydrogen-bond donors (Lipinski definition) is 2. The van der Waals surface area contributed by atoms with Crippen LogP contribution in [0.15, 0.2) is 30.3 Å². The minimum atomic E-state index is -0.856. The molecule has 0 bridgehead atoms. The Labute approximate surface area is 192 Å². The van der Waals surface area contributed by atoms with Crippen molar-refractivity contribution in [1.29, 1.82) is 0 Å². The van der Waals surface area contributed by atoms with Crippen molar-refractivity contribution < 1.29 is 15.0 Å². The molecule has 0 saturated carbocycles.